The van der Waals surface area contributed by atoms with Crippen molar-refractivity contribution in [2.24, 2.45) is 0 Å². The van der Waals surface area contributed by atoms with E-state index in [0.29, 0.717) is 17.1 Å². The molecule has 0 saturated carbocycles. The van der Waals surface area contributed by atoms with Crippen LogP contribution in [0.25, 0.3) is 0 Å². The van der Waals surface area contributed by atoms with Gasteiger partial charge in [-0.3, -0.25) is 4.98 Å². The van der Waals surface area contributed by atoms with Crippen molar-refractivity contribution in [2.75, 3.05) is 0 Å². The first-order valence-electron chi connectivity index (χ1n) is 5.50. The molecule has 0 amide bonds. The van der Waals surface area contributed by atoms with Crippen LogP contribution >= 0.6 is 11.6 Å². The highest BCUT2D eigenvalue weighted by molar-refractivity contribution is 6.17. The van der Waals surface area contributed by atoms with Gasteiger partial charge >= 0.3 is 6.36 Å². The van der Waals surface area contributed by atoms with Gasteiger partial charge in [-0.05, 0) is 30.3 Å². The predicted octanol–water partition coefficient (Wildman–Crippen LogP) is 4.51. The Bertz CT molecular complexity index is 573. The molecule has 1 aromatic carbocycles. The fourth-order valence-corrected chi connectivity index (χ4v) is 1.65. The summed E-state index contributed by atoms with van der Waals surface area (Å²) in [6, 6.07) is 6.71. The summed E-state index contributed by atoms with van der Waals surface area (Å²) in [6.07, 6.45) is -1.62. The van der Waals surface area contributed by atoms with Crippen LogP contribution in [0.1, 0.15) is 5.56 Å². The van der Waals surface area contributed by atoms with Crippen LogP contribution in [0.2, 0.25) is 0 Å². The monoisotopic (exact) mass is 303 g/mol. The second kappa shape index (κ2) is 6.00. The van der Waals surface area contributed by atoms with Gasteiger partial charge in [-0.2, -0.15) is 0 Å². The highest BCUT2D eigenvalue weighted by atomic mass is 35.5. The standard InChI is InChI=1S/C13H9ClF3NO2/c14-7-9-8-18-6-5-12(9)19-10-1-3-11(4-2-10)20-13(15,16)17/h1-6,8H,7H2. The van der Waals surface area contributed by atoms with Crippen LogP contribution in [0.5, 0.6) is 17.2 Å². The molecule has 3 nitrogen and oxygen atoms in total. The summed E-state index contributed by atoms with van der Waals surface area (Å²) in [5, 5.41) is 0. The molecule has 0 aliphatic carbocycles. The number of hydrogen-bond acceptors (Lipinski definition) is 3. The summed E-state index contributed by atoms with van der Waals surface area (Å²) in [4.78, 5) is 3.90. The predicted molar refractivity (Wildman–Crippen MR) is 67.0 cm³/mol. The van der Waals surface area contributed by atoms with Crippen molar-refractivity contribution in [2.45, 2.75) is 12.2 Å². The minimum atomic E-state index is -4.71. The molecule has 0 spiro atoms. The molecule has 0 radical (unpaired) electrons. The first-order chi connectivity index (χ1) is 9.48. The number of pyridine rings is 1. The molecule has 20 heavy (non-hydrogen) atoms. The van der Waals surface area contributed by atoms with E-state index in [9.17, 15) is 13.2 Å². The molecule has 2 rings (SSSR count). The van der Waals surface area contributed by atoms with Gasteiger partial charge in [-0.1, -0.05) is 0 Å². The zero-order valence-electron chi connectivity index (χ0n) is 10.0. The second-order valence-electron chi connectivity index (χ2n) is 3.74. The molecule has 1 aromatic heterocycles. The molecule has 1 heterocycles. The lowest BCUT2D eigenvalue weighted by atomic mass is 10.3. The van der Waals surface area contributed by atoms with Crippen molar-refractivity contribution in [1.82, 2.24) is 4.98 Å². The SMILES string of the molecule is FC(F)(F)Oc1ccc(Oc2ccncc2CCl)cc1. The number of nitrogens with zero attached hydrogens (tertiary/aromatic N) is 1. The van der Waals surface area contributed by atoms with Gasteiger partial charge in [0.05, 0.1) is 5.88 Å². The first-order valence-corrected chi connectivity index (χ1v) is 6.04. The molecular formula is C13H9ClF3NO2. The summed E-state index contributed by atoms with van der Waals surface area (Å²) in [5.74, 6) is 0.784. The van der Waals surface area contributed by atoms with Crippen molar-refractivity contribution in [1.29, 1.82) is 0 Å². The largest absolute Gasteiger partial charge is 0.573 e. The number of alkyl halides is 4. The zero-order valence-corrected chi connectivity index (χ0v) is 10.8. The van der Waals surface area contributed by atoms with E-state index in [1.165, 1.54) is 30.5 Å². The van der Waals surface area contributed by atoms with E-state index in [2.05, 4.69) is 9.72 Å². The number of rotatable bonds is 4. The Morgan fingerprint density at radius 3 is 2.30 bits per heavy atom. The first kappa shape index (κ1) is 14.5. The number of hydrogen-bond donors (Lipinski definition) is 0. The van der Waals surface area contributed by atoms with Crippen molar-refractivity contribution in [3.63, 3.8) is 0 Å². The van der Waals surface area contributed by atoms with Crippen molar-refractivity contribution >= 4 is 11.6 Å². The molecule has 2 aromatic rings. The third-order valence-corrected chi connectivity index (χ3v) is 2.58. The molecule has 0 saturated heterocycles. The van der Waals surface area contributed by atoms with E-state index >= 15 is 0 Å². The van der Waals surface area contributed by atoms with Crippen molar-refractivity contribution in [3.05, 3.63) is 48.3 Å². The molecular weight excluding hydrogens is 295 g/mol. The minimum absolute atomic E-state index is 0.221. The van der Waals surface area contributed by atoms with E-state index in [1.807, 2.05) is 0 Å². The van der Waals surface area contributed by atoms with Crippen LogP contribution in [0, 0.1) is 0 Å². The van der Waals surface area contributed by atoms with Gasteiger partial charge in [0.15, 0.2) is 0 Å². The summed E-state index contributed by atoms with van der Waals surface area (Å²) in [5.41, 5.74) is 0.685. The number of halogens is 4. The maximum absolute atomic E-state index is 12.0. The third kappa shape index (κ3) is 4.03. The van der Waals surface area contributed by atoms with Gasteiger partial charge in [-0.15, -0.1) is 24.8 Å². The molecule has 0 fully saturated rings. The van der Waals surface area contributed by atoms with E-state index in [0.717, 1.165) is 0 Å². The van der Waals surface area contributed by atoms with Gasteiger partial charge < -0.3 is 9.47 Å². The number of benzene rings is 1. The topological polar surface area (TPSA) is 31.4 Å². The summed E-state index contributed by atoms with van der Waals surface area (Å²) < 4.78 is 45.3. The summed E-state index contributed by atoms with van der Waals surface area (Å²) in [6.45, 7) is 0. The fraction of sp³-hybridized carbons (Fsp3) is 0.154. The molecule has 106 valence electrons. The number of ether oxygens (including phenoxy) is 2. The van der Waals surface area contributed by atoms with Crippen LogP contribution in [0.3, 0.4) is 0 Å². The van der Waals surface area contributed by atoms with Gasteiger partial charge in [0.1, 0.15) is 17.2 Å². The molecule has 0 atom stereocenters. The van der Waals surface area contributed by atoms with E-state index < -0.39 is 6.36 Å². The summed E-state index contributed by atoms with van der Waals surface area (Å²) >= 11 is 5.73. The third-order valence-electron chi connectivity index (χ3n) is 2.29. The Balaban J connectivity index is 2.11. The number of aromatic nitrogens is 1. The van der Waals surface area contributed by atoms with Crippen LogP contribution in [-0.2, 0) is 5.88 Å². The van der Waals surface area contributed by atoms with Crippen LogP contribution < -0.4 is 9.47 Å². The average Bonchev–Trinajstić information content (AvgIpc) is 2.40. The zero-order chi connectivity index (χ0) is 14.6. The highest BCUT2D eigenvalue weighted by Gasteiger charge is 2.30. The Kier molecular flexibility index (Phi) is 4.34. The van der Waals surface area contributed by atoms with E-state index in [4.69, 9.17) is 16.3 Å². The molecule has 0 N–H and O–H groups in total. The van der Waals surface area contributed by atoms with Crippen molar-refractivity contribution in [3.8, 4) is 17.2 Å². The maximum Gasteiger partial charge on any atom is 0.573 e. The van der Waals surface area contributed by atoms with E-state index in [-0.39, 0.29) is 11.6 Å². The molecule has 0 unspecified atom stereocenters. The Hall–Kier alpha value is -1.95. The van der Waals surface area contributed by atoms with Gasteiger partial charge in [0, 0.05) is 18.0 Å². The van der Waals surface area contributed by atoms with E-state index in [1.54, 1.807) is 12.3 Å². The molecule has 0 aliphatic rings. The average molecular weight is 304 g/mol. The van der Waals surface area contributed by atoms with Crippen LogP contribution in [-0.4, -0.2) is 11.3 Å². The van der Waals surface area contributed by atoms with Gasteiger partial charge in [-0.25, -0.2) is 0 Å². The van der Waals surface area contributed by atoms with Crippen molar-refractivity contribution < 1.29 is 22.6 Å². The minimum Gasteiger partial charge on any atom is -0.457 e. The normalized spacial score (nSPS) is 11.2. The molecule has 0 aliphatic heterocycles. The Morgan fingerprint density at radius 2 is 1.70 bits per heavy atom. The lowest BCUT2D eigenvalue weighted by molar-refractivity contribution is -0.274. The summed E-state index contributed by atoms with van der Waals surface area (Å²) in [7, 11) is 0. The second-order valence-corrected chi connectivity index (χ2v) is 4.01. The van der Waals surface area contributed by atoms with Crippen LogP contribution in [0.4, 0.5) is 13.2 Å². The van der Waals surface area contributed by atoms with Gasteiger partial charge in [0.2, 0.25) is 0 Å². The lowest BCUT2D eigenvalue weighted by Gasteiger charge is -2.11. The molecule has 7 heteroatoms. The highest BCUT2D eigenvalue weighted by Crippen LogP contribution is 2.29. The smallest absolute Gasteiger partial charge is 0.457 e. The fourth-order valence-electron chi connectivity index (χ4n) is 1.45. The van der Waals surface area contributed by atoms with Gasteiger partial charge in [0.25, 0.3) is 0 Å². The molecule has 0 bridgehead atoms. The van der Waals surface area contributed by atoms with Crippen LogP contribution in [0.15, 0.2) is 42.7 Å². The Morgan fingerprint density at radius 1 is 1.05 bits per heavy atom. The quantitative estimate of drug-likeness (QED) is 0.779. The maximum atomic E-state index is 12.0. The Labute approximate surface area is 117 Å². The lowest BCUT2D eigenvalue weighted by Crippen LogP contribution is -2.16.